The summed E-state index contributed by atoms with van der Waals surface area (Å²) in [5, 5.41) is 0. The fourth-order valence-electron chi connectivity index (χ4n) is 1.78. The average molecular weight is 277 g/mol. The fraction of sp³-hybridized carbons (Fsp3) is 0.538. The molecule has 108 valence electrons. The van der Waals surface area contributed by atoms with Crippen molar-refractivity contribution in [2.45, 2.75) is 32.4 Å². The van der Waals surface area contributed by atoms with Crippen molar-refractivity contribution in [1.82, 2.24) is 0 Å². The van der Waals surface area contributed by atoms with Gasteiger partial charge in [-0.05, 0) is 25.5 Å². The third-order valence-corrected chi connectivity index (χ3v) is 2.58. The molecular weight excluding hydrogens is 259 g/mol. The SMILES string of the molecule is CCOC(OCC)C(N)c1ccccc1C(F)(F)F. The summed E-state index contributed by atoms with van der Waals surface area (Å²) in [6, 6.07) is 4.20. The molecule has 1 atom stereocenters. The van der Waals surface area contributed by atoms with Crippen LogP contribution in [-0.4, -0.2) is 19.5 Å². The lowest BCUT2D eigenvalue weighted by atomic mass is 10.00. The summed E-state index contributed by atoms with van der Waals surface area (Å²) in [4.78, 5) is 0. The van der Waals surface area contributed by atoms with Crippen molar-refractivity contribution in [1.29, 1.82) is 0 Å². The van der Waals surface area contributed by atoms with E-state index < -0.39 is 24.1 Å². The van der Waals surface area contributed by atoms with Gasteiger partial charge in [-0.15, -0.1) is 0 Å². The summed E-state index contributed by atoms with van der Waals surface area (Å²) in [6.07, 6.45) is -5.34. The van der Waals surface area contributed by atoms with Gasteiger partial charge in [-0.1, -0.05) is 18.2 Å². The smallest absolute Gasteiger partial charge is 0.351 e. The van der Waals surface area contributed by atoms with E-state index in [-0.39, 0.29) is 5.56 Å². The highest BCUT2D eigenvalue weighted by atomic mass is 19.4. The van der Waals surface area contributed by atoms with Crippen LogP contribution >= 0.6 is 0 Å². The molecule has 2 N–H and O–H groups in total. The van der Waals surface area contributed by atoms with Crippen LogP contribution in [0.25, 0.3) is 0 Å². The number of halogens is 3. The molecule has 0 aliphatic carbocycles. The second kappa shape index (κ2) is 6.88. The van der Waals surface area contributed by atoms with Crippen molar-refractivity contribution in [3.63, 3.8) is 0 Å². The Morgan fingerprint density at radius 2 is 1.63 bits per heavy atom. The number of hydrogen-bond donors (Lipinski definition) is 1. The molecule has 0 radical (unpaired) electrons. The van der Waals surface area contributed by atoms with E-state index in [1.54, 1.807) is 13.8 Å². The standard InChI is InChI=1S/C13H18F3NO2/c1-3-18-12(19-4-2)11(17)9-7-5-6-8-10(9)13(14,15)16/h5-8,11-12H,3-4,17H2,1-2H3. The van der Waals surface area contributed by atoms with E-state index in [1.165, 1.54) is 18.2 Å². The lowest BCUT2D eigenvalue weighted by Gasteiger charge is -2.26. The van der Waals surface area contributed by atoms with Crippen LogP contribution in [0, 0.1) is 0 Å². The van der Waals surface area contributed by atoms with E-state index in [4.69, 9.17) is 15.2 Å². The molecule has 0 aliphatic heterocycles. The Hall–Kier alpha value is -1.11. The minimum atomic E-state index is -4.45. The topological polar surface area (TPSA) is 44.5 Å². The maximum Gasteiger partial charge on any atom is 0.416 e. The van der Waals surface area contributed by atoms with Crippen molar-refractivity contribution in [3.05, 3.63) is 35.4 Å². The van der Waals surface area contributed by atoms with E-state index in [2.05, 4.69) is 0 Å². The second-order valence-corrected chi connectivity index (χ2v) is 3.89. The van der Waals surface area contributed by atoms with Gasteiger partial charge >= 0.3 is 6.18 Å². The summed E-state index contributed by atoms with van der Waals surface area (Å²) in [6.45, 7) is 4.09. The van der Waals surface area contributed by atoms with Crippen molar-refractivity contribution in [3.8, 4) is 0 Å². The number of benzene rings is 1. The van der Waals surface area contributed by atoms with Gasteiger partial charge in [0.25, 0.3) is 0 Å². The van der Waals surface area contributed by atoms with E-state index >= 15 is 0 Å². The predicted octanol–water partition coefficient (Wildman–Crippen LogP) is 3.10. The van der Waals surface area contributed by atoms with Crippen LogP contribution in [0.4, 0.5) is 13.2 Å². The van der Waals surface area contributed by atoms with Crippen molar-refractivity contribution in [2.24, 2.45) is 5.73 Å². The van der Waals surface area contributed by atoms with Crippen LogP contribution in [0.5, 0.6) is 0 Å². The van der Waals surface area contributed by atoms with Gasteiger partial charge in [-0.3, -0.25) is 0 Å². The maximum atomic E-state index is 12.9. The molecule has 0 heterocycles. The van der Waals surface area contributed by atoms with Gasteiger partial charge in [0, 0.05) is 13.2 Å². The van der Waals surface area contributed by atoms with Gasteiger partial charge in [0.1, 0.15) is 0 Å². The zero-order valence-electron chi connectivity index (χ0n) is 10.9. The molecule has 6 heteroatoms. The molecule has 0 fully saturated rings. The second-order valence-electron chi connectivity index (χ2n) is 3.89. The summed E-state index contributed by atoms with van der Waals surface area (Å²) < 4.78 is 49.2. The Balaban J connectivity index is 3.06. The molecule has 0 spiro atoms. The Kier molecular flexibility index (Phi) is 5.78. The molecule has 0 aliphatic rings. The number of ether oxygens (including phenoxy) is 2. The van der Waals surface area contributed by atoms with Crippen LogP contribution in [0.1, 0.15) is 31.0 Å². The molecule has 19 heavy (non-hydrogen) atoms. The van der Waals surface area contributed by atoms with Gasteiger partial charge in [-0.2, -0.15) is 13.2 Å². The molecule has 1 unspecified atom stereocenters. The Morgan fingerprint density at radius 3 is 2.11 bits per heavy atom. The van der Waals surface area contributed by atoms with Crippen molar-refractivity contribution in [2.75, 3.05) is 13.2 Å². The number of nitrogens with two attached hydrogens (primary N) is 1. The first kappa shape index (κ1) is 15.9. The lowest BCUT2D eigenvalue weighted by molar-refractivity contribution is -0.154. The highest BCUT2D eigenvalue weighted by Crippen LogP contribution is 2.35. The first-order valence-corrected chi connectivity index (χ1v) is 6.06. The highest BCUT2D eigenvalue weighted by molar-refractivity contribution is 5.32. The van der Waals surface area contributed by atoms with Gasteiger partial charge in [0.2, 0.25) is 0 Å². The molecule has 0 bridgehead atoms. The zero-order chi connectivity index (χ0) is 14.5. The normalized spacial score (nSPS) is 13.8. The van der Waals surface area contributed by atoms with E-state index in [0.29, 0.717) is 13.2 Å². The van der Waals surface area contributed by atoms with E-state index in [0.717, 1.165) is 6.07 Å². The molecule has 0 amide bonds. The minimum absolute atomic E-state index is 0.0260. The van der Waals surface area contributed by atoms with Crippen LogP contribution in [0.15, 0.2) is 24.3 Å². The van der Waals surface area contributed by atoms with Gasteiger partial charge in [0.15, 0.2) is 6.29 Å². The third-order valence-electron chi connectivity index (χ3n) is 2.58. The monoisotopic (exact) mass is 277 g/mol. The lowest BCUT2D eigenvalue weighted by Crippen LogP contribution is -2.33. The quantitative estimate of drug-likeness (QED) is 0.813. The molecule has 3 nitrogen and oxygen atoms in total. The van der Waals surface area contributed by atoms with Crippen LogP contribution in [-0.2, 0) is 15.7 Å². The summed E-state index contributed by atoms with van der Waals surface area (Å²) in [5.74, 6) is 0. The Labute approximate surface area is 110 Å². The largest absolute Gasteiger partial charge is 0.416 e. The first-order valence-electron chi connectivity index (χ1n) is 6.06. The highest BCUT2D eigenvalue weighted by Gasteiger charge is 2.36. The molecule has 0 saturated carbocycles. The molecular formula is C13H18F3NO2. The van der Waals surface area contributed by atoms with Gasteiger partial charge < -0.3 is 15.2 Å². The molecule has 0 aromatic heterocycles. The number of rotatable bonds is 6. The number of hydrogen-bond acceptors (Lipinski definition) is 3. The Morgan fingerprint density at radius 1 is 1.11 bits per heavy atom. The predicted molar refractivity (Wildman–Crippen MR) is 65.4 cm³/mol. The summed E-state index contributed by atoms with van der Waals surface area (Å²) >= 11 is 0. The van der Waals surface area contributed by atoms with Gasteiger partial charge in [-0.25, -0.2) is 0 Å². The first-order chi connectivity index (χ1) is 8.91. The van der Waals surface area contributed by atoms with E-state index in [1.807, 2.05) is 0 Å². The summed E-state index contributed by atoms with van der Waals surface area (Å²) in [7, 11) is 0. The average Bonchev–Trinajstić information content (AvgIpc) is 2.37. The molecule has 0 saturated heterocycles. The molecule has 1 aromatic carbocycles. The van der Waals surface area contributed by atoms with E-state index in [9.17, 15) is 13.2 Å². The molecule has 1 rings (SSSR count). The van der Waals surface area contributed by atoms with Crippen LogP contribution in [0.3, 0.4) is 0 Å². The Bertz CT molecular complexity index is 390. The minimum Gasteiger partial charge on any atom is -0.351 e. The van der Waals surface area contributed by atoms with Crippen molar-refractivity contribution >= 4 is 0 Å². The molecule has 1 aromatic rings. The summed E-state index contributed by atoms with van der Waals surface area (Å²) in [5.41, 5.74) is 5.08. The number of alkyl halides is 3. The maximum absolute atomic E-state index is 12.9. The fourth-order valence-corrected chi connectivity index (χ4v) is 1.78. The van der Waals surface area contributed by atoms with Gasteiger partial charge in [0.05, 0.1) is 11.6 Å². The zero-order valence-corrected chi connectivity index (χ0v) is 10.9. The van der Waals surface area contributed by atoms with Crippen LogP contribution in [0.2, 0.25) is 0 Å². The van der Waals surface area contributed by atoms with Crippen molar-refractivity contribution < 1.29 is 22.6 Å². The third kappa shape index (κ3) is 4.19. The van der Waals surface area contributed by atoms with Crippen LogP contribution < -0.4 is 5.73 Å².